The average molecular weight is 269 g/mol. The van der Waals surface area contributed by atoms with Gasteiger partial charge in [0.25, 0.3) is 5.91 Å². The Bertz CT molecular complexity index is 533. The van der Waals surface area contributed by atoms with Crippen LogP contribution in [-0.4, -0.2) is 50.8 Å². The maximum atomic E-state index is 13.1. The Hall–Kier alpha value is -2.15. The number of halogens is 1. The van der Waals surface area contributed by atoms with Crippen molar-refractivity contribution in [1.82, 2.24) is 4.90 Å². The Morgan fingerprint density at radius 2 is 2.05 bits per heavy atom. The van der Waals surface area contributed by atoms with Crippen molar-refractivity contribution in [3.8, 4) is 5.75 Å². The fourth-order valence-corrected chi connectivity index (χ4v) is 2.11. The quantitative estimate of drug-likeness (QED) is 0.712. The molecule has 0 saturated carbocycles. The van der Waals surface area contributed by atoms with Gasteiger partial charge in [-0.1, -0.05) is 0 Å². The molecule has 3 N–H and O–H groups in total. The average Bonchev–Trinajstić information content (AvgIpc) is 2.74. The van der Waals surface area contributed by atoms with Crippen LogP contribution in [0.15, 0.2) is 18.2 Å². The van der Waals surface area contributed by atoms with Gasteiger partial charge in [0.1, 0.15) is 17.6 Å². The van der Waals surface area contributed by atoms with Crippen molar-refractivity contribution in [2.45, 2.75) is 18.6 Å². The van der Waals surface area contributed by atoms with Crippen molar-refractivity contribution in [1.29, 1.82) is 0 Å². The van der Waals surface area contributed by atoms with Crippen LogP contribution in [0, 0.1) is 5.82 Å². The number of amides is 1. The number of phenols is 1. The Morgan fingerprint density at radius 1 is 1.37 bits per heavy atom. The minimum absolute atomic E-state index is 0.0862. The molecule has 7 heteroatoms. The standard InChI is InChI=1S/C12H12FNO5/c13-6-1-2-10(16)8(3-6)11(17)14-5-7(15)4-9(14)12(18)19/h1-3,7,9,15-16H,4-5H2,(H,18,19). The number of carbonyl (C=O) groups excluding carboxylic acids is 1. The summed E-state index contributed by atoms with van der Waals surface area (Å²) in [6, 6.07) is 1.66. The van der Waals surface area contributed by atoms with Crippen LogP contribution in [0.2, 0.25) is 0 Å². The van der Waals surface area contributed by atoms with Gasteiger partial charge in [0.2, 0.25) is 0 Å². The molecule has 0 spiro atoms. The molecule has 1 saturated heterocycles. The lowest BCUT2D eigenvalue weighted by molar-refractivity contribution is -0.141. The van der Waals surface area contributed by atoms with E-state index in [-0.39, 0.29) is 18.5 Å². The number of aliphatic hydroxyl groups is 1. The van der Waals surface area contributed by atoms with Gasteiger partial charge in [0, 0.05) is 13.0 Å². The van der Waals surface area contributed by atoms with E-state index in [4.69, 9.17) is 5.11 Å². The van der Waals surface area contributed by atoms with Gasteiger partial charge >= 0.3 is 5.97 Å². The first-order valence-corrected chi connectivity index (χ1v) is 5.60. The van der Waals surface area contributed by atoms with Gasteiger partial charge in [-0.2, -0.15) is 0 Å². The van der Waals surface area contributed by atoms with Gasteiger partial charge in [0.15, 0.2) is 0 Å². The van der Waals surface area contributed by atoms with Crippen molar-refractivity contribution in [2.75, 3.05) is 6.54 Å². The third kappa shape index (κ3) is 2.50. The lowest BCUT2D eigenvalue weighted by Crippen LogP contribution is -2.40. The Morgan fingerprint density at radius 3 is 2.68 bits per heavy atom. The number of carbonyl (C=O) groups is 2. The van der Waals surface area contributed by atoms with Crippen LogP contribution in [0.3, 0.4) is 0 Å². The summed E-state index contributed by atoms with van der Waals surface area (Å²) < 4.78 is 13.1. The summed E-state index contributed by atoms with van der Waals surface area (Å²) in [5.74, 6) is -3.22. The van der Waals surface area contributed by atoms with Crippen LogP contribution >= 0.6 is 0 Å². The zero-order valence-electron chi connectivity index (χ0n) is 9.78. The van der Waals surface area contributed by atoms with Crippen molar-refractivity contribution >= 4 is 11.9 Å². The molecule has 2 unspecified atom stereocenters. The summed E-state index contributed by atoms with van der Waals surface area (Å²) in [5, 5.41) is 28.0. The number of β-amino-alcohol motifs (C(OH)–C–C–N with tert-alkyl or cyclic N) is 1. The molecule has 6 nitrogen and oxygen atoms in total. The fourth-order valence-electron chi connectivity index (χ4n) is 2.11. The number of phenolic OH excluding ortho intramolecular Hbond substituents is 1. The number of carboxylic acid groups (broad SMARTS) is 1. The maximum Gasteiger partial charge on any atom is 0.326 e. The zero-order valence-corrected chi connectivity index (χ0v) is 9.78. The van der Waals surface area contributed by atoms with Gasteiger partial charge in [-0.05, 0) is 18.2 Å². The van der Waals surface area contributed by atoms with Crippen molar-refractivity contribution in [2.24, 2.45) is 0 Å². The molecule has 19 heavy (non-hydrogen) atoms. The topological polar surface area (TPSA) is 98.1 Å². The largest absolute Gasteiger partial charge is 0.507 e. The number of likely N-dealkylation sites (tertiary alicyclic amines) is 1. The van der Waals surface area contributed by atoms with Crippen LogP contribution in [-0.2, 0) is 4.79 Å². The first-order valence-electron chi connectivity index (χ1n) is 5.60. The van der Waals surface area contributed by atoms with Gasteiger partial charge in [-0.25, -0.2) is 9.18 Å². The van der Waals surface area contributed by atoms with Crippen LogP contribution < -0.4 is 0 Å². The number of carboxylic acids is 1. The van der Waals surface area contributed by atoms with Crippen molar-refractivity contribution in [3.05, 3.63) is 29.6 Å². The van der Waals surface area contributed by atoms with Crippen LogP contribution in [0.25, 0.3) is 0 Å². The highest BCUT2D eigenvalue weighted by molar-refractivity contribution is 5.99. The number of hydrogen-bond acceptors (Lipinski definition) is 4. The van der Waals surface area contributed by atoms with Gasteiger partial charge in [0.05, 0.1) is 11.7 Å². The van der Waals surface area contributed by atoms with Crippen LogP contribution in [0.5, 0.6) is 5.75 Å². The molecule has 1 fully saturated rings. The van der Waals surface area contributed by atoms with Gasteiger partial charge in [-0.3, -0.25) is 4.79 Å². The molecule has 2 atom stereocenters. The number of aliphatic hydroxyl groups excluding tert-OH is 1. The molecule has 0 bridgehead atoms. The molecule has 1 heterocycles. The van der Waals surface area contributed by atoms with E-state index in [1.807, 2.05) is 0 Å². The molecule has 0 aromatic heterocycles. The molecule has 1 aromatic rings. The van der Waals surface area contributed by atoms with E-state index in [2.05, 4.69) is 0 Å². The van der Waals surface area contributed by atoms with E-state index in [1.54, 1.807) is 0 Å². The molecule has 0 radical (unpaired) electrons. The Balaban J connectivity index is 2.33. The maximum absolute atomic E-state index is 13.1. The SMILES string of the molecule is O=C(O)C1CC(O)CN1C(=O)c1cc(F)ccc1O. The third-order valence-electron chi connectivity index (χ3n) is 3.01. The monoisotopic (exact) mass is 269 g/mol. The molecule has 102 valence electrons. The highest BCUT2D eigenvalue weighted by Crippen LogP contribution is 2.25. The smallest absolute Gasteiger partial charge is 0.326 e. The van der Waals surface area contributed by atoms with Gasteiger partial charge < -0.3 is 20.2 Å². The number of nitrogens with zero attached hydrogens (tertiary/aromatic N) is 1. The lowest BCUT2D eigenvalue weighted by Gasteiger charge is -2.21. The number of rotatable bonds is 2. The zero-order chi connectivity index (χ0) is 14.2. The number of aliphatic carboxylic acids is 1. The molecule has 2 rings (SSSR count). The lowest BCUT2D eigenvalue weighted by atomic mass is 10.1. The summed E-state index contributed by atoms with van der Waals surface area (Å²) in [6.07, 6.45) is -1.03. The summed E-state index contributed by atoms with van der Waals surface area (Å²) in [5.41, 5.74) is -0.319. The minimum Gasteiger partial charge on any atom is -0.507 e. The number of aromatic hydroxyl groups is 1. The molecular weight excluding hydrogens is 257 g/mol. The molecule has 1 aromatic carbocycles. The summed E-state index contributed by atoms with van der Waals surface area (Å²) >= 11 is 0. The second-order valence-corrected chi connectivity index (χ2v) is 4.36. The van der Waals surface area contributed by atoms with E-state index in [0.29, 0.717) is 0 Å². The summed E-state index contributed by atoms with van der Waals surface area (Å²) in [4.78, 5) is 24.0. The normalized spacial score (nSPS) is 22.5. The second kappa shape index (κ2) is 4.85. The van der Waals surface area contributed by atoms with Crippen molar-refractivity contribution < 1.29 is 29.3 Å². The predicted molar refractivity (Wildman–Crippen MR) is 61.1 cm³/mol. The fraction of sp³-hybridized carbons (Fsp3) is 0.333. The first-order chi connectivity index (χ1) is 8.90. The molecular formula is C12H12FNO5. The van der Waals surface area contributed by atoms with E-state index in [9.17, 15) is 24.2 Å². The molecule has 0 aliphatic carbocycles. The minimum atomic E-state index is -1.25. The third-order valence-corrected chi connectivity index (χ3v) is 3.01. The van der Waals surface area contributed by atoms with Gasteiger partial charge in [-0.15, -0.1) is 0 Å². The highest BCUT2D eigenvalue weighted by Gasteiger charge is 2.39. The molecule has 1 aliphatic heterocycles. The number of hydrogen-bond donors (Lipinski definition) is 3. The predicted octanol–water partition coefficient (Wildman–Crippen LogP) is 0.191. The van der Waals surface area contributed by atoms with E-state index in [1.165, 1.54) is 0 Å². The highest BCUT2D eigenvalue weighted by atomic mass is 19.1. The van der Waals surface area contributed by atoms with Crippen LogP contribution in [0.1, 0.15) is 16.8 Å². The van der Waals surface area contributed by atoms with E-state index >= 15 is 0 Å². The Labute approximate surface area is 107 Å². The first kappa shape index (κ1) is 13.3. The summed E-state index contributed by atoms with van der Waals surface area (Å²) in [6.45, 7) is -0.161. The van der Waals surface area contributed by atoms with E-state index < -0.39 is 35.6 Å². The second-order valence-electron chi connectivity index (χ2n) is 4.36. The molecule has 1 aliphatic rings. The molecule has 1 amide bonds. The summed E-state index contributed by atoms with van der Waals surface area (Å²) in [7, 11) is 0. The van der Waals surface area contributed by atoms with Crippen LogP contribution in [0.4, 0.5) is 4.39 Å². The van der Waals surface area contributed by atoms with E-state index in [0.717, 1.165) is 23.1 Å². The van der Waals surface area contributed by atoms with Crippen molar-refractivity contribution in [3.63, 3.8) is 0 Å². The number of benzene rings is 1. The Kier molecular flexibility index (Phi) is 3.39.